The molecule has 1 fully saturated rings. The fourth-order valence-corrected chi connectivity index (χ4v) is 2.96. The number of anilines is 1. The minimum Gasteiger partial charge on any atom is -0.405 e. The van der Waals surface area contributed by atoms with Gasteiger partial charge in [-0.15, -0.1) is 13.2 Å². The molecule has 27 heavy (non-hydrogen) atoms. The molecule has 0 aromatic heterocycles. The van der Waals surface area contributed by atoms with E-state index in [9.17, 15) is 18.0 Å². The van der Waals surface area contributed by atoms with Gasteiger partial charge < -0.3 is 19.9 Å². The molecule has 8 heteroatoms. The average Bonchev–Trinajstić information content (AvgIpc) is 2.67. The normalized spacial score (nSPS) is 14.8. The van der Waals surface area contributed by atoms with Crippen molar-refractivity contribution in [1.29, 1.82) is 0 Å². The molecule has 3 rings (SSSR count). The molecule has 1 saturated heterocycles. The monoisotopic (exact) mass is 379 g/mol. The SMILES string of the molecule is O=C(NCc1ccccc1OC(F)(F)F)N1CCN(c2ccccc2)CC1. The number of halogens is 3. The summed E-state index contributed by atoms with van der Waals surface area (Å²) in [5.74, 6) is -0.306. The lowest BCUT2D eigenvalue weighted by atomic mass is 10.2. The Morgan fingerprint density at radius 2 is 1.59 bits per heavy atom. The summed E-state index contributed by atoms with van der Waals surface area (Å²) >= 11 is 0. The molecule has 0 unspecified atom stereocenters. The predicted molar refractivity (Wildman–Crippen MR) is 95.6 cm³/mol. The third kappa shape index (κ3) is 5.29. The second kappa shape index (κ2) is 8.20. The molecule has 0 aliphatic carbocycles. The van der Waals surface area contributed by atoms with Gasteiger partial charge in [0.15, 0.2) is 0 Å². The van der Waals surface area contributed by atoms with E-state index in [4.69, 9.17) is 0 Å². The van der Waals surface area contributed by atoms with Crippen LogP contribution in [-0.2, 0) is 6.54 Å². The smallest absolute Gasteiger partial charge is 0.405 e. The van der Waals surface area contributed by atoms with Crippen LogP contribution in [0.2, 0.25) is 0 Å². The topological polar surface area (TPSA) is 44.8 Å². The lowest BCUT2D eigenvalue weighted by Crippen LogP contribution is -2.51. The fraction of sp³-hybridized carbons (Fsp3) is 0.316. The molecule has 2 aromatic rings. The number of para-hydroxylation sites is 2. The Morgan fingerprint density at radius 1 is 0.963 bits per heavy atom. The number of ether oxygens (including phenoxy) is 1. The van der Waals surface area contributed by atoms with Gasteiger partial charge in [-0.3, -0.25) is 0 Å². The zero-order valence-corrected chi connectivity index (χ0v) is 14.6. The molecule has 1 N–H and O–H groups in total. The Labute approximate surface area is 155 Å². The van der Waals surface area contributed by atoms with Gasteiger partial charge in [-0.25, -0.2) is 4.79 Å². The second-order valence-electron chi connectivity index (χ2n) is 6.12. The van der Waals surface area contributed by atoms with Crippen LogP contribution in [0.25, 0.3) is 0 Å². The molecule has 2 amide bonds. The van der Waals surface area contributed by atoms with Crippen molar-refractivity contribution in [3.05, 3.63) is 60.2 Å². The molecule has 0 atom stereocenters. The van der Waals surface area contributed by atoms with E-state index in [0.717, 1.165) is 5.69 Å². The first-order valence-corrected chi connectivity index (χ1v) is 8.59. The summed E-state index contributed by atoms with van der Waals surface area (Å²) in [6.07, 6.45) is -4.77. The zero-order valence-electron chi connectivity index (χ0n) is 14.6. The van der Waals surface area contributed by atoms with Gasteiger partial charge in [0.2, 0.25) is 0 Å². The summed E-state index contributed by atoms with van der Waals surface area (Å²) in [6, 6.07) is 15.4. The highest BCUT2D eigenvalue weighted by molar-refractivity contribution is 5.74. The van der Waals surface area contributed by atoms with Gasteiger partial charge in [-0.05, 0) is 18.2 Å². The van der Waals surface area contributed by atoms with E-state index >= 15 is 0 Å². The van der Waals surface area contributed by atoms with Crippen molar-refractivity contribution in [2.75, 3.05) is 31.1 Å². The summed E-state index contributed by atoms with van der Waals surface area (Å²) in [5, 5.41) is 2.67. The second-order valence-corrected chi connectivity index (χ2v) is 6.12. The quantitative estimate of drug-likeness (QED) is 0.883. The van der Waals surface area contributed by atoms with Crippen molar-refractivity contribution < 1.29 is 22.7 Å². The number of piperazine rings is 1. The van der Waals surface area contributed by atoms with Crippen molar-refractivity contribution >= 4 is 11.7 Å². The highest BCUT2D eigenvalue weighted by atomic mass is 19.4. The highest BCUT2D eigenvalue weighted by Crippen LogP contribution is 2.26. The number of nitrogens with one attached hydrogen (secondary N) is 1. The summed E-state index contributed by atoms with van der Waals surface area (Å²) < 4.78 is 41.4. The molecule has 0 saturated carbocycles. The molecule has 144 valence electrons. The van der Waals surface area contributed by atoms with Crippen molar-refractivity contribution in [2.24, 2.45) is 0 Å². The first-order valence-electron chi connectivity index (χ1n) is 8.59. The number of nitrogens with zero attached hydrogens (tertiary/aromatic N) is 2. The third-order valence-electron chi connectivity index (χ3n) is 4.32. The van der Waals surface area contributed by atoms with Crippen LogP contribution < -0.4 is 15.0 Å². The van der Waals surface area contributed by atoms with Crippen molar-refractivity contribution in [1.82, 2.24) is 10.2 Å². The molecule has 1 aliphatic heterocycles. The van der Waals surface area contributed by atoms with Crippen LogP contribution in [0.5, 0.6) is 5.75 Å². The first-order chi connectivity index (χ1) is 12.9. The molecular weight excluding hydrogens is 359 g/mol. The van der Waals surface area contributed by atoms with Gasteiger partial charge in [-0.1, -0.05) is 36.4 Å². The Balaban J connectivity index is 1.52. The van der Waals surface area contributed by atoms with Gasteiger partial charge in [0.1, 0.15) is 5.75 Å². The Morgan fingerprint density at radius 3 is 2.26 bits per heavy atom. The largest absolute Gasteiger partial charge is 0.573 e. The number of carbonyl (C=O) groups is 1. The van der Waals surface area contributed by atoms with Crippen LogP contribution in [0, 0.1) is 0 Å². The van der Waals surface area contributed by atoms with E-state index in [2.05, 4.69) is 15.0 Å². The lowest BCUT2D eigenvalue weighted by Gasteiger charge is -2.36. The molecular formula is C19H20F3N3O2. The number of urea groups is 1. The van der Waals surface area contributed by atoms with Crippen LogP contribution in [0.4, 0.5) is 23.7 Å². The van der Waals surface area contributed by atoms with Crippen LogP contribution in [0.15, 0.2) is 54.6 Å². The third-order valence-corrected chi connectivity index (χ3v) is 4.32. The van der Waals surface area contributed by atoms with Crippen molar-refractivity contribution in [3.8, 4) is 5.75 Å². The zero-order chi connectivity index (χ0) is 19.3. The number of amides is 2. The molecule has 1 aliphatic rings. The minimum absolute atomic E-state index is 0.0377. The van der Waals surface area contributed by atoms with E-state index in [-0.39, 0.29) is 23.9 Å². The lowest BCUT2D eigenvalue weighted by molar-refractivity contribution is -0.274. The average molecular weight is 379 g/mol. The van der Waals surface area contributed by atoms with Crippen LogP contribution in [0.1, 0.15) is 5.56 Å². The molecule has 0 spiro atoms. The van der Waals surface area contributed by atoms with E-state index in [1.165, 1.54) is 18.2 Å². The molecule has 0 radical (unpaired) electrons. The number of rotatable bonds is 4. The summed E-state index contributed by atoms with van der Waals surface area (Å²) in [6.45, 7) is 2.45. The van der Waals surface area contributed by atoms with E-state index < -0.39 is 6.36 Å². The maximum atomic E-state index is 12.5. The predicted octanol–water partition coefficient (Wildman–Crippen LogP) is 3.62. The Kier molecular flexibility index (Phi) is 5.73. The summed E-state index contributed by atoms with van der Waals surface area (Å²) in [4.78, 5) is 16.2. The number of alkyl halides is 3. The Hall–Kier alpha value is -2.90. The van der Waals surface area contributed by atoms with Gasteiger partial charge in [0.25, 0.3) is 0 Å². The van der Waals surface area contributed by atoms with Crippen LogP contribution in [-0.4, -0.2) is 43.5 Å². The van der Waals surface area contributed by atoms with Gasteiger partial charge in [-0.2, -0.15) is 0 Å². The summed E-state index contributed by atoms with van der Waals surface area (Å²) in [7, 11) is 0. The molecule has 0 bridgehead atoms. The maximum absolute atomic E-state index is 12.5. The van der Waals surface area contributed by atoms with Gasteiger partial charge in [0, 0.05) is 44.0 Å². The van der Waals surface area contributed by atoms with Crippen LogP contribution in [0.3, 0.4) is 0 Å². The van der Waals surface area contributed by atoms with E-state index in [0.29, 0.717) is 26.2 Å². The Bertz CT molecular complexity index is 760. The highest BCUT2D eigenvalue weighted by Gasteiger charge is 2.32. The van der Waals surface area contributed by atoms with Crippen LogP contribution >= 0.6 is 0 Å². The van der Waals surface area contributed by atoms with Crippen molar-refractivity contribution in [2.45, 2.75) is 12.9 Å². The number of hydrogen-bond acceptors (Lipinski definition) is 3. The first kappa shape index (κ1) is 18.9. The molecule has 1 heterocycles. The number of carbonyl (C=O) groups excluding carboxylic acids is 1. The molecule has 5 nitrogen and oxygen atoms in total. The van der Waals surface area contributed by atoms with Gasteiger partial charge in [0.05, 0.1) is 0 Å². The summed E-state index contributed by atoms with van der Waals surface area (Å²) in [5.41, 5.74) is 1.38. The van der Waals surface area contributed by atoms with Gasteiger partial charge >= 0.3 is 12.4 Å². The fourth-order valence-electron chi connectivity index (χ4n) is 2.96. The standard InChI is InChI=1S/C19H20F3N3O2/c20-19(21,22)27-17-9-5-4-6-15(17)14-23-18(26)25-12-10-24(11-13-25)16-7-2-1-3-8-16/h1-9H,10-14H2,(H,23,26). The minimum atomic E-state index is -4.77. The maximum Gasteiger partial charge on any atom is 0.573 e. The molecule has 2 aromatic carbocycles. The van der Waals surface area contributed by atoms with Crippen molar-refractivity contribution in [3.63, 3.8) is 0 Å². The number of benzene rings is 2. The van der Waals surface area contributed by atoms with E-state index in [1.54, 1.807) is 11.0 Å². The number of hydrogen-bond donors (Lipinski definition) is 1. The van der Waals surface area contributed by atoms with E-state index in [1.807, 2.05) is 30.3 Å².